The minimum absolute atomic E-state index is 0.0513. The summed E-state index contributed by atoms with van der Waals surface area (Å²) in [5.74, 6) is 0.319. The maximum Gasteiger partial charge on any atom is 0.321 e. The van der Waals surface area contributed by atoms with Gasteiger partial charge in [0.15, 0.2) is 0 Å². The summed E-state index contributed by atoms with van der Waals surface area (Å²) in [6.45, 7) is 1.41. The number of aliphatic hydroxyl groups excluding tert-OH is 1. The number of likely N-dealkylation sites (tertiary alicyclic amines) is 1. The second-order valence-electron chi connectivity index (χ2n) is 5.20. The number of aliphatic hydroxyl groups is 1. The van der Waals surface area contributed by atoms with Crippen LogP contribution in [0.1, 0.15) is 19.3 Å². The smallest absolute Gasteiger partial charge is 0.321 e. The van der Waals surface area contributed by atoms with Gasteiger partial charge in [0.2, 0.25) is 0 Å². The molecule has 2 amide bonds. The van der Waals surface area contributed by atoms with E-state index in [4.69, 9.17) is 5.11 Å². The highest BCUT2D eigenvalue weighted by atomic mass is 16.6. The molecule has 1 unspecified atom stereocenters. The largest absolute Gasteiger partial charge is 0.396 e. The number of nitrogens with zero attached hydrogens (tertiary/aromatic N) is 2. The summed E-state index contributed by atoms with van der Waals surface area (Å²) in [6, 6.07) is 5.64. The van der Waals surface area contributed by atoms with Gasteiger partial charge >= 0.3 is 6.03 Å². The molecule has 2 rings (SSSR count). The van der Waals surface area contributed by atoms with Gasteiger partial charge in [-0.15, -0.1) is 0 Å². The average Bonchev–Trinajstić information content (AvgIpc) is 2.48. The van der Waals surface area contributed by atoms with Crippen LogP contribution in [0.15, 0.2) is 24.3 Å². The van der Waals surface area contributed by atoms with Crippen LogP contribution in [0.4, 0.5) is 16.2 Å². The van der Waals surface area contributed by atoms with Crippen LogP contribution in [0.25, 0.3) is 0 Å². The van der Waals surface area contributed by atoms with Crippen molar-refractivity contribution in [2.45, 2.75) is 19.3 Å². The number of urea groups is 1. The van der Waals surface area contributed by atoms with Crippen molar-refractivity contribution in [3.8, 4) is 0 Å². The van der Waals surface area contributed by atoms with E-state index in [9.17, 15) is 14.9 Å². The Morgan fingerprint density at radius 1 is 1.52 bits per heavy atom. The van der Waals surface area contributed by atoms with E-state index in [2.05, 4.69) is 5.32 Å². The number of benzene rings is 1. The van der Waals surface area contributed by atoms with E-state index in [1.165, 1.54) is 12.1 Å². The lowest BCUT2D eigenvalue weighted by Crippen LogP contribution is -2.42. The normalized spacial score (nSPS) is 18.3. The van der Waals surface area contributed by atoms with Crippen molar-refractivity contribution < 1.29 is 14.8 Å². The standard InChI is InChI=1S/C14H19N3O4/c18-8-6-11-3-2-7-16(10-11)14(19)15-12-4-1-5-13(9-12)17(20)21/h1,4-5,9,11,18H,2-3,6-8,10H2,(H,15,19). The number of hydrogen-bond donors (Lipinski definition) is 2. The van der Waals surface area contributed by atoms with Crippen LogP contribution in [-0.2, 0) is 0 Å². The number of amides is 2. The number of nitrogens with one attached hydrogen (secondary N) is 1. The SMILES string of the molecule is O=C(Nc1cccc([N+](=O)[O-])c1)N1CCCC(CCO)C1. The van der Waals surface area contributed by atoms with Crippen molar-refractivity contribution in [3.05, 3.63) is 34.4 Å². The highest BCUT2D eigenvalue weighted by molar-refractivity contribution is 5.89. The fourth-order valence-electron chi connectivity index (χ4n) is 2.57. The molecule has 1 saturated heterocycles. The monoisotopic (exact) mass is 293 g/mol. The Morgan fingerprint density at radius 2 is 2.33 bits per heavy atom. The molecule has 114 valence electrons. The molecule has 7 heteroatoms. The molecule has 1 aromatic rings. The zero-order valence-corrected chi connectivity index (χ0v) is 11.7. The lowest BCUT2D eigenvalue weighted by atomic mass is 9.95. The van der Waals surface area contributed by atoms with Crippen molar-refractivity contribution in [1.29, 1.82) is 0 Å². The van der Waals surface area contributed by atoms with Crippen LogP contribution in [0.2, 0.25) is 0 Å². The fourth-order valence-corrected chi connectivity index (χ4v) is 2.57. The Labute approximate surface area is 122 Å². The molecule has 0 spiro atoms. The lowest BCUT2D eigenvalue weighted by Gasteiger charge is -2.32. The summed E-state index contributed by atoms with van der Waals surface area (Å²) in [6.07, 6.45) is 2.62. The molecule has 0 saturated carbocycles. The molecule has 0 aromatic heterocycles. The topological polar surface area (TPSA) is 95.7 Å². The van der Waals surface area contributed by atoms with Gasteiger partial charge in [-0.1, -0.05) is 6.07 Å². The maximum atomic E-state index is 12.2. The summed E-state index contributed by atoms with van der Waals surface area (Å²) < 4.78 is 0. The third kappa shape index (κ3) is 4.16. The molecule has 1 fully saturated rings. The van der Waals surface area contributed by atoms with Gasteiger partial charge in [0.1, 0.15) is 0 Å². The van der Waals surface area contributed by atoms with Gasteiger partial charge in [0.05, 0.1) is 4.92 Å². The van der Waals surface area contributed by atoms with Gasteiger partial charge < -0.3 is 15.3 Å². The highest BCUT2D eigenvalue weighted by Crippen LogP contribution is 2.21. The lowest BCUT2D eigenvalue weighted by molar-refractivity contribution is -0.384. The molecule has 1 heterocycles. The number of nitro groups is 1. The first kappa shape index (κ1) is 15.2. The molecule has 1 aromatic carbocycles. The minimum atomic E-state index is -0.492. The number of rotatable bonds is 4. The summed E-state index contributed by atoms with van der Waals surface area (Å²) >= 11 is 0. The summed E-state index contributed by atoms with van der Waals surface area (Å²) in [5.41, 5.74) is 0.364. The summed E-state index contributed by atoms with van der Waals surface area (Å²) in [4.78, 5) is 24.1. The van der Waals surface area contributed by atoms with E-state index in [0.717, 1.165) is 12.8 Å². The number of nitro benzene ring substituents is 1. The number of carbonyl (C=O) groups excluding carboxylic acids is 1. The summed E-state index contributed by atoms with van der Waals surface area (Å²) in [7, 11) is 0. The number of hydrogen-bond acceptors (Lipinski definition) is 4. The second kappa shape index (κ2) is 7.03. The first-order valence-corrected chi connectivity index (χ1v) is 7.01. The number of non-ortho nitro benzene ring substituents is 1. The Kier molecular flexibility index (Phi) is 5.10. The second-order valence-corrected chi connectivity index (χ2v) is 5.20. The molecule has 0 aliphatic carbocycles. The first-order valence-electron chi connectivity index (χ1n) is 7.01. The Balaban J connectivity index is 1.97. The van der Waals surface area contributed by atoms with Crippen molar-refractivity contribution in [2.24, 2.45) is 5.92 Å². The molecule has 0 radical (unpaired) electrons. The first-order chi connectivity index (χ1) is 10.1. The van der Waals surface area contributed by atoms with Gasteiger partial charge in [-0.05, 0) is 31.2 Å². The van der Waals surface area contributed by atoms with Crippen LogP contribution in [0.5, 0.6) is 0 Å². The van der Waals surface area contributed by atoms with E-state index >= 15 is 0 Å². The van der Waals surface area contributed by atoms with E-state index in [0.29, 0.717) is 31.1 Å². The third-order valence-electron chi connectivity index (χ3n) is 3.65. The molecule has 2 N–H and O–H groups in total. The van der Waals surface area contributed by atoms with Crippen LogP contribution in [0, 0.1) is 16.0 Å². The van der Waals surface area contributed by atoms with Gasteiger partial charge in [-0.2, -0.15) is 0 Å². The van der Waals surface area contributed by atoms with Gasteiger partial charge in [0.25, 0.3) is 5.69 Å². The van der Waals surface area contributed by atoms with Crippen molar-refractivity contribution in [1.82, 2.24) is 4.90 Å². The third-order valence-corrected chi connectivity index (χ3v) is 3.65. The van der Waals surface area contributed by atoms with Crippen molar-refractivity contribution >= 4 is 17.4 Å². The molecule has 1 atom stereocenters. The molecular formula is C14H19N3O4. The predicted octanol–water partition coefficient (Wildman–Crippen LogP) is 2.22. The van der Waals surface area contributed by atoms with E-state index in [-0.39, 0.29) is 18.3 Å². The zero-order valence-electron chi connectivity index (χ0n) is 11.7. The van der Waals surface area contributed by atoms with Crippen LogP contribution in [-0.4, -0.2) is 40.7 Å². The number of carbonyl (C=O) groups is 1. The van der Waals surface area contributed by atoms with Gasteiger partial charge in [-0.25, -0.2) is 4.79 Å². The minimum Gasteiger partial charge on any atom is -0.396 e. The van der Waals surface area contributed by atoms with E-state index < -0.39 is 4.92 Å². The molecule has 21 heavy (non-hydrogen) atoms. The van der Waals surface area contributed by atoms with Gasteiger partial charge in [-0.3, -0.25) is 10.1 Å². The molecule has 1 aliphatic rings. The van der Waals surface area contributed by atoms with E-state index in [1.54, 1.807) is 17.0 Å². The van der Waals surface area contributed by atoms with Crippen LogP contribution in [0.3, 0.4) is 0 Å². The number of piperidine rings is 1. The van der Waals surface area contributed by atoms with E-state index in [1.807, 2.05) is 0 Å². The van der Waals surface area contributed by atoms with Crippen LogP contribution < -0.4 is 5.32 Å². The average molecular weight is 293 g/mol. The predicted molar refractivity (Wildman–Crippen MR) is 78.1 cm³/mol. The van der Waals surface area contributed by atoms with Crippen molar-refractivity contribution in [3.63, 3.8) is 0 Å². The van der Waals surface area contributed by atoms with Crippen LogP contribution >= 0.6 is 0 Å². The molecular weight excluding hydrogens is 274 g/mol. The highest BCUT2D eigenvalue weighted by Gasteiger charge is 2.23. The molecule has 7 nitrogen and oxygen atoms in total. The Bertz CT molecular complexity index is 519. The molecule has 0 bridgehead atoms. The zero-order chi connectivity index (χ0) is 15.2. The molecule has 1 aliphatic heterocycles. The summed E-state index contributed by atoms with van der Waals surface area (Å²) in [5, 5.41) is 22.4. The Hall–Kier alpha value is -2.15. The number of anilines is 1. The van der Waals surface area contributed by atoms with Gasteiger partial charge in [0, 0.05) is 37.5 Å². The van der Waals surface area contributed by atoms with Crippen molar-refractivity contribution in [2.75, 3.05) is 25.0 Å². The fraction of sp³-hybridized carbons (Fsp3) is 0.500. The maximum absolute atomic E-state index is 12.2. The quantitative estimate of drug-likeness (QED) is 0.657. The Morgan fingerprint density at radius 3 is 3.05 bits per heavy atom.